The van der Waals surface area contributed by atoms with Crippen molar-refractivity contribution < 1.29 is 4.39 Å². The molecule has 2 aromatic carbocycles. The molecule has 3 N–H and O–H groups in total. The fourth-order valence-electron chi connectivity index (χ4n) is 3.45. The van der Waals surface area contributed by atoms with E-state index in [1.54, 1.807) is 12.3 Å². The summed E-state index contributed by atoms with van der Waals surface area (Å²) in [6.45, 7) is 4.14. The lowest BCUT2D eigenvalue weighted by Crippen LogP contribution is -2.29. The predicted octanol–water partition coefficient (Wildman–Crippen LogP) is 4.42. The van der Waals surface area contributed by atoms with Crippen molar-refractivity contribution in [1.82, 2.24) is 25.5 Å². The number of H-pyrrole nitrogens is 2. The molecule has 1 saturated carbocycles. The Morgan fingerprint density at radius 3 is 2.86 bits per heavy atom. The average Bonchev–Trinajstić information content (AvgIpc) is 3.23. The zero-order chi connectivity index (χ0) is 20.0. The maximum absolute atomic E-state index is 13.7. The van der Waals surface area contributed by atoms with Crippen LogP contribution < -0.4 is 10.2 Å². The van der Waals surface area contributed by atoms with Crippen molar-refractivity contribution in [3.05, 3.63) is 66.9 Å². The molecule has 146 valence electrons. The lowest BCUT2D eigenvalue weighted by molar-refractivity contribution is 0.628. The summed E-state index contributed by atoms with van der Waals surface area (Å²) in [7, 11) is 1.95. The third kappa shape index (κ3) is 3.24. The van der Waals surface area contributed by atoms with E-state index in [-0.39, 0.29) is 5.82 Å². The Bertz CT molecular complexity index is 1200. The van der Waals surface area contributed by atoms with Gasteiger partial charge in [0.1, 0.15) is 11.5 Å². The fraction of sp³-hybridized carbons (Fsp3) is 0.182. The molecule has 1 fully saturated rings. The van der Waals surface area contributed by atoms with Gasteiger partial charge in [-0.1, -0.05) is 30.8 Å². The molecule has 7 heteroatoms. The third-order valence-corrected chi connectivity index (χ3v) is 5.22. The molecule has 0 bridgehead atoms. The third-order valence-electron chi connectivity index (χ3n) is 5.22. The molecule has 0 radical (unpaired) electrons. The number of aromatic nitrogens is 4. The van der Waals surface area contributed by atoms with E-state index in [9.17, 15) is 4.39 Å². The van der Waals surface area contributed by atoms with E-state index in [0.29, 0.717) is 11.9 Å². The van der Waals surface area contributed by atoms with Crippen LogP contribution in [0, 0.1) is 5.82 Å². The van der Waals surface area contributed by atoms with E-state index >= 15 is 0 Å². The maximum Gasteiger partial charge on any atom is 0.158 e. The average molecular weight is 388 g/mol. The van der Waals surface area contributed by atoms with Crippen LogP contribution in [0.15, 0.2) is 61.1 Å². The van der Waals surface area contributed by atoms with Crippen molar-refractivity contribution in [2.75, 3.05) is 11.9 Å². The Morgan fingerprint density at radius 1 is 1.24 bits per heavy atom. The molecule has 0 amide bonds. The lowest BCUT2D eigenvalue weighted by atomic mass is 10.0. The summed E-state index contributed by atoms with van der Waals surface area (Å²) < 4.78 is 13.7. The monoisotopic (exact) mass is 388 g/mol. The molecule has 4 aromatic rings. The minimum Gasteiger partial charge on any atom is -0.369 e. The molecule has 2 heterocycles. The number of nitrogens with zero attached hydrogens (tertiary/aromatic N) is 3. The topological polar surface area (TPSA) is 72.6 Å². The standard InChI is InChI=1S/C22H21FN6/c1-13(25-16-9-10-16)29(2)19-12-24-28-21(19)22-26-18-8-4-7-17(20(18)27-22)14-5-3-6-15(23)11-14/h3-8,11-12,16,25H,1,9-10H2,2H3,(H,24,28)(H,26,27). The first-order valence-electron chi connectivity index (χ1n) is 9.58. The minimum absolute atomic E-state index is 0.269. The SMILES string of the molecule is C=C(NC1CC1)N(C)c1cn[nH]c1-c1nc2c(-c3cccc(F)c3)cccc2[nH]1. The smallest absolute Gasteiger partial charge is 0.158 e. The van der Waals surface area contributed by atoms with Crippen LogP contribution in [0.1, 0.15) is 12.8 Å². The quantitative estimate of drug-likeness (QED) is 0.457. The van der Waals surface area contributed by atoms with Crippen LogP contribution in [0.3, 0.4) is 0 Å². The molecule has 5 rings (SSSR count). The molecule has 0 unspecified atom stereocenters. The lowest BCUT2D eigenvalue weighted by Gasteiger charge is -2.22. The summed E-state index contributed by atoms with van der Waals surface area (Å²) in [6, 6.07) is 12.9. The minimum atomic E-state index is -0.269. The zero-order valence-corrected chi connectivity index (χ0v) is 16.0. The molecule has 2 aromatic heterocycles. The van der Waals surface area contributed by atoms with Gasteiger partial charge in [-0.25, -0.2) is 9.37 Å². The highest BCUT2D eigenvalue weighted by Gasteiger charge is 2.24. The largest absolute Gasteiger partial charge is 0.369 e. The van der Waals surface area contributed by atoms with Crippen LogP contribution in [0.25, 0.3) is 33.7 Å². The molecule has 0 atom stereocenters. The van der Waals surface area contributed by atoms with Crippen molar-refractivity contribution >= 4 is 16.7 Å². The molecule has 0 spiro atoms. The van der Waals surface area contributed by atoms with Crippen molar-refractivity contribution in [3.8, 4) is 22.6 Å². The highest BCUT2D eigenvalue weighted by atomic mass is 19.1. The van der Waals surface area contributed by atoms with E-state index in [1.165, 1.54) is 25.0 Å². The second kappa shape index (κ2) is 6.77. The molecular formula is C22H21FN6. The number of rotatable bonds is 6. The van der Waals surface area contributed by atoms with Gasteiger partial charge in [0.2, 0.25) is 0 Å². The van der Waals surface area contributed by atoms with Crippen molar-refractivity contribution in [3.63, 3.8) is 0 Å². The molecule has 1 aliphatic carbocycles. The summed E-state index contributed by atoms with van der Waals surface area (Å²) >= 11 is 0. The first kappa shape index (κ1) is 17.5. The Labute approximate surface area is 167 Å². The Kier molecular flexibility index (Phi) is 4.08. The summed E-state index contributed by atoms with van der Waals surface area (Å²) in [4.78, 5) is 10.1. The first-order chi connectivity index (χ1) is 14.1. The van der Waals surface area contributed by atoms with Crippen LogP contribution in [-0.2, 0) is 0 Å². The summed E-state index contributed by atoms with van der Waals surface area (Å²) in [6.07, 6.45) is 4.12. The number of hydrogen-bond donors (Lipinski definition) is 3. The Hall–Kier alpha value is -3.61. The predicted molar refractivity (Wildman–Crippen MR) is 113 cm³/mol. The van der Waals surface area contributed by atoms with Crippen molar-refractivity contribution in [1.29, 1.82) is 0 Å². The molecule has 0 saturated heterocycles. The van der Waals surface area contributed by atoms with Crippen LogP contribution in [-0.4, -0.2) is 33.3 Å². The fourth-order valence-corrected chi connectivity index (χ4v) is 3.45. The number of benzene rings is 2. The van der Waals surface area contributed by atoms with E-state index in [1.807, 2.05) is 36.2 Å². The van der Waals surface area contributed by atoms with Crippen molar-refractivity contribution in [2.45, 2.75) is 18.9 Å². The summed E-state index contributed by atoms with van der Waals surface area (Å²) in [5, 5.41) is 10.7. The maximum atomic E-state index is 13.7. The summed E-state index contributed by atoms with van der Waals surface area (Å²) in [5.74, 6) is 1.23. The number of fused-ring (bicyclic) bond motifs is 1. The number of imidazole rings is 1. The number of nitrogens with one attached hydrogen (secondary N) is 3. The molecular weight excluding hydrogens is 367 g/mol. The number of aromatic amines is 2. The first-order valence-corrected chi connectivity index (χ1v) is 9.58. The second-order valence-corrected chi connectivity index (χ2v) is 7.35. The molecule has 0 aliphatic heterocycles. The number of para-hydroxylation sites is 1. The summed E-state index contributed by atoms with van der Waals surface area (Å²) in [5.41, 5.74) is 4.96. The van der Waals surface area contributed by atoms with Crippen LogP contribution in [0.4, 0.5) is 10.1 Å². The van der Waals surface area contributed by atoms with E-state index < -0.39 is 0 Å². The van der Waals surface area contributed by atoms with E-state index in [4.69, 9.17) is 4.98 Å². The number of anilines is 1. The van der Waals surface area contributed by atoms with Gasteiger partial charge in [-0.15, -0.1) is 0 Å². The highest BCUT2D eigenvalue weighted by Crippen LogP contribution is 2.33. The van der Waals surface area contributed by atoms with E-state index in [0.717, 1.165) is 39.4 Å². The van der Waals surface area contributed by atoms with E-state index in [2.05, 4.69) is 27.1 Å². The van der Waals surface area contributed by atoms with Crippen LogP contribution in [0.5, 0.6) is 0 Å². The van der Waals surface area contributed by atoms with Gasteiger partial charge in [-0.3, -0.25) is 5.10 Å². The number of hydrogen-bond acceptors (Lipinski definition) is 4. The number of halogens is 1. The zero-order valence-electron chi connectivity index (χ0n) is 16.0. The Morgan fingerprint density at radius 2 is 2.07 bits per heavy atom. The van der Waals surface area contributed by atoms with Gasteiger partial charge >= 0.3 is 0 Å². The van der Waals surface area contributed by atoms with Gasteiger partial charge in [0.25, 0.3) is 0 Å². The highest BCUT2D eigenvalue weighted by molar-refractivity contribution is 5.94. The van der Waals surface area contributed by atoms with Gasteiger partial charge in [0.05, 0.1) is 28.7 Å². The molecule has 6 nitrogen and oxygen atoms in total. The van der Waals surface area contributed by atoms with Gasteiger partial charge < -0.3 is 15.2 Å². The normalized spacial score (nSPS) is 13.6. The molecule has 1 aliphatic rings. The van der Waals surface area contributed by atoms with Gasteiger partial charge in [0, 0.05) is 18.7 Å². The second-order valence-electron chi connectivity index (χ2n) is 7.35. The van der Waals surface area contributed by atoms with Crippen molar-refractivity contribution in [2.24, 2.45) is 0 Å². The van der Waals surface area contributed by atoms with Crippen LogP contribution in [0.2, 0.25) is 0 Å². The van der Waals surface area contributed by atoms with Gasteiger partial charge in [-0.05, 0) is 36.6 Å². The van der Waals surface area contributed by atoms with Gasteiger partial charge in [0.15, 0.2) is 5.82 Å². The van der Waals surface area contributed by atoms with Crippen LogP contribution >= 0.6 is 0 Å². The molecule has 29 heavy (non-hydrogen) atoms. The Balaban J connectivity index is 1.55. The van der Waals surface area contributed by atoms with Gasteiger partial charge in [-0.2, -0.15) is 5.10 Å².